The molecule has 2 atom stereocenters. The van der Waals surface area contributed by atoms with Crippen molar-refractivity contribution < 1.29 is 14.3 Å². The van der Waals surface area contributed by atoms with Crippen LogP contribution in [0.15, 0.2) is 36.5 Å². The smallest absolute Gasteiger partial charge is 0.243 e. The normalized spacial score (nSPS) is 22.3. The van der Waals surface area contributed by atoms with Crippen molar-refractivity contribution in [3.05, 3.63) is 53.3 Å². The van der Waals surface area contributed by atoms with Gasteiger partial charge in [0.25, 0.3) is 0 Å². The largest absolute Gasteiger partial charge is 0.491 e. The number of benzene rings is 1. The molecule has 2 aliphatic rings. The van der Waals surface area contributed by atoms with Crippen molar-refractivity contribution in [2.45, 2.75) is 38.3 Å². The van der Waals surface area contributed by atoms with E-state index in [2.05, 4.69) is 5.32 Å². The third-order valence-electron chi connectivity index (χ3n) is 4.88. The maximum absolute atomic E-state index is 12.7. The number of hydrogen-bond acceptors (Lipinski definition) is 3. The van der Waals surface area contributed by atoms with Crippen LogP contribution in [0.4, 0.5) is 0 Å². The molecule has 124 valence electrons. The number of rotatable bonds is 2. The van der Waals surface area contributed by atoms with Crippen LogP contribution in [0.3, 0.4) is 0 Å². The Labute approximate surface area is 140 Å². The van der Waals surface area contributed by atoms with E-state index < -0.39 is 0 Å². The second-order valence-electron chi connectivity index (χ2n) is 6.56. The fourth-order valence-electron chi connectivity index (χ4n) is 3.67. The Morgan fingerprint density at radius 3 is 3.04 bits per heavy atom. The molecule has 24 heavy (non-hydrogen) atoms. The molecule has 1 N–H and O–H groups in total. The van der Waals surface area contributed by atoms with Gasteiger partial charge in [0.15, 0.2) is 5.78 Å². The number of nitrogens with zero attached hydrogens (tertiary/aromatic N) is 1. The van der Waals surface area contributed by atoms with Gasteiger partial charge in [-0.1, -0.05) is 18.2 Å². The molecule has 4 rings (SSSR count). The van der Waals surface area contributed by atoms with Crippen LogP contribution in [0.25, 0.3) is 0 Å². The number of ether oxygens (including phenoxy) is 1. The number of hydrogen-bond donors (Lipinski definition) is 1. The number of amides is 1. The molecule has 2 unspecified atom stereocenters. The second-order valence-corrected chi connectivity index (χ2v) is 6.56. The molecule has 0 saturated heterocycles. The highest BCUT2D eigenvalue weighted by molar-refractivity contribution is 5.97. The van der Waals surface area contributed by atoms with Crippen LogP contribution in [-0.2, 0) is 11.2 Å². The molecule has 0 saturated carbocycles. The first-order chi connectivity index (χ1) is 11.6. The van der Waals surface area contributed by atoms with Gasteiger partial charge in [0.2, 0.25) is 5.91 Å². The maximum Gasteiger partial charge on any atom is 0.243 e. The lowest BCUT2D eigenvalue weighted by Gasteiger charge is -2.30. The fourth-order valence-corrected chi connectivity index (χ4v) is 3.67. The number of Topliss-reactive ketones (excluding diaryl/α,β-unsaturated/α-hetero) is 1. The zero-order chi connectivity index (χ0) is 16.7. The minimum atomic E-state index is -0.313. The molecule has 0 aliphatic carbocycles. The second kappa shape index (κ2) is 5.82. The highest BCUT2D eigenvalue weighted by Crippen LogP contribution is 2.29. The molecule has 0 radical (unpaired) electrons. The van der Waals surface area contributed by atoms with Crippen LogP contribution in [0.2, 0.25) is 0 Å². The topological polar surface area (TPSA) is 60.3 Å². The lowest BCUT2D eigenvalue weighted by Crippen LogP contribution is -2.46. The molecular weight excluding hydrogens is 304 g/mol. The summed E-state index contributed by atoms with van der Waals surface area (Å²) in [7, 11) is 0. The van der Waals surface area contributed by atoms with Crippen LogP contribution in [0, 0.1) is 6.92 Å². The van der Waals surface area contributed by atoms with E-state index in [4.69, 9.17) is 4.74 Å². The first-order valence-electron chi connectivity index (χ1n) is 8.35. The Hall–Kier alpha value is -2.56. The van der Waals surface area contributed by atoms with Crippen molar-refractivity contribution in [3.8, 4) is 5.75 Å². The van der Waals surface area contributed by atoms with Crippen molar-refractivity contribution in [1.82, 2.24) is 9.88 Å². The highest BCUT2D eigenvalue weighted by atomic mass is 16.5. The number of carbonyl (C=O) groups is 2. The Morgan fingerprint density at radius 1 is 1.29 bits per heavy atom. The number of carbonyl (C=O) groups excluding carboxylic acids is 2. The Morgan fingerprint density at radius 2 is 2.17 bits per heavy atom. The standard InChI is InChI=1S/C19H20N2O3/c1-12-4-2-5-13-10-14(11-24-18(12)13)20-19(23)16-7-8-17(22)15-6-3-9-21(15)16/h2-6,9,14,16H,7-8,10-11H2,1H3,(H,20,23). The summed E-state index contributed by atoms with van der Waals surface area (Å²) >= 11 is 0. The summed E-state index contributed by atoms with van der Waals surface area (Å²) in [5.41, 5.74) is 2.88. The lowest BCUT2D eigenvalue weighted by molar-refractivity contribution is -0.125. The van der Waals surface area contributed by atoms with E-state index in [0.717, 1.165) is 23.3 Å². The van der Waals surface area contributed by atoms with Crippen molar-refractivity contribution in [2.75, 3.05) is 6.61 Å². The Bertz CT molecular complexity index is 809. The minimum Gasteiger partial charge on any atom is -0.491 e. The van der Waals surface area contributed by atoms with Gasteiger partial charge >= 0.3 is 0 Å². The summed E-state index contributed by atoms with van der Waals surface area (Å²) in [6, 6.07) is 9.34. The summed E-state index contributed by atoms with van der Waals surface area (Å²) in [5, 5.41) is 3.10. The van der Waals surface area contributed by atoms with Gasteiger partial charge in [-0.15, -0.1) is 0 Å². The van der Waals surface area contributed by atoms with E-state index in [9.17, 15) is 9.59 Å². The molecule has 1 aromatic heterocycles. The van der Waals surface area contributed by atoms with Crippen molar-refractivity contribution in [3.63, 3.8) is 0 Å². The molecule has 1 amide bonds. The summed E-state index contributed by atoms with van der Waals surface area (Å²) in [6.07, 6.45) is 3.56. The van der Waals surface area contributed by atoms with Gasteiger partial charge in [0.1, 0.15) is 18.4 Å². The van der Waals surface area contributed by atoms with Crippen LogP contribution >= 0.6 is 0 Å². The number of aromatic nitrogens is 1. The molecule has 2 aliphatic heterocycles. The lowest BCUT2D eigenvalue weighted by atomic mass is 9.98. The van der Waals surface area contributed by atoms with Gasteiger partial charge < -0.3 is 14.6 Å². The summed E-state index contributed by atoms with van der Waals surface area (Å²) in [6.45, 7) is 2.51. The number of ketones is 1. The molecule has 0 fully saturated rings. The molecule has 3 heterocycles. The molecule has 5 nitrogen and oxygen atoms in total. The molecule has 2 aromatic rings. The van der Waals surface area contributed by atoms with Gasteiger partial charge in [0, 0.05) is 12.6 Å². The maximum atomic E-state index is 12.7. The van der Waals surface area contributed by atoms with Gasteiger partial charge in [0.05, 0.1) is 11.7 Å². The van der Waals surface area contributed by atoms with Crippen LogP contribution in [0.1, 0.15) is 40.5 Å². The average molecular weight is 324 g/mol. The fraction of sp³-hybridized carbons (Fsp3) is 0.368. The summed E-state index contributed by atoms with van der Waals surface area (Å²) < 4.78 is 7.65. The van der Waals surface area contributed by atoms with E-state index in [1.54, 1.807) is 10.6 Å². The van der Waals surface area contributed by atoms with Crippen molar-refractivity contribution in [1.29, 1.82) is 0 Å². The molecule has 1 aromatic carbocycles. The number of nitrogens with one attached hydrogen (secondary N) is 1. The van der Waals surface area contributed by atoms with E-state index in [1.165, 1.54) is 0 Å². The first kappa shape index (κ1) is 15.0. The number of aryl methyl sites for hydroxylation is 1. The zero-order valence-corrected chi connectivity index (χ0v) is 13.6. The van der Waals surface area contributed by atoms with Crippen molar-refractivity contribution in [2.24, 2.45) is 0 Å². The molecule has 5 heteroatoms. The number of para-hydroxylation sites is 1. The highest BCUT2D eigenvalue weighted by Gasteiger charge is 2.31. The van der Waals surface area contributed by atoms with Gasteiger partial charge in [-0.2, -0.15) is 0 Å². The summed E-state index contributed by atoms with van der Waals surface area (Å²) in [4.78, 5) is 24.6. The number of fused-ring (bicyclic) bond motifs is 2. The Balaban J connectivity index is 1.48. The zero-order valence-electron chi connectivity index (χ0n) is 13.6. The minimum absolute atomic E-state index is 0.0374. The molecule has 0 spiro atoms. The van der Waals surface area contributed by atoms with Crippen LogP contribution < -0.4 is 10.1 Å². The Kier molecular flexibility index (Phi) is 3.63. The third-order valence-corrected chi connectivity index (χ3v) is 4.88. The van der Waals surface area contributed by atoms with E-state index in [0.29, 0.717) is 25.1 Å². The van der Waals surface area contributed by atoms with Crippen LogP contribution in [0.5, 0.6) is 5.75 Å². The van der Waals surface area contributed by atoms with Gasteiger partial charge in [-0.25, -0.2) is 0 Å². The predicted octanol–water partition coefficient (Wildman–Crippen LogP) is 2.43. The van der Waals surface area contributed by atoms with Crippen LogP contribution in [-0.4, -0.2) is 28.9 Å². The molecular formula is C19H20N2O3. The average Bonchev–Trinajstić information content (AvgIpc) is 3.06. The van der Waals surface area contributed by atoms with Gasteiger partial charge in [-0.05, 0) is 43.0 Å². The quantitative estimate of drug-likeness (QED) is 0.923. The van der Waals surface area contributed by atoms with Crippen molar-refractivity contribution >= 4 is 11.7 Å². The predicted molar refractivity (Wildman–Crippen MR) is 89.3 cm³/mol. The van der Waals surface area contributed by atoms with E-state index in [-0.39, 0.29) is 23.8 Å². The molecule has 0 bridgehead atoms. The third kappa shape index (κ3) is 2.50. The van der Waals surface area contributed by atoms with Gasteiger partial charge in [-0.3, -0.25) is 9.59 Å². The van der Waals surface area contributed by atoms with E-state index >= 15 is 0 Å². The summed E-state index contributed by atoms with van der Waals surface area (Å²) in [5.74, 6) is 1.01. The monoisotopic (exact) mass is 324 g/mol. The first-order valence-corrected chi connectivity index (χ1v) is 8.35. The van der Waals surface area contributed by atoms with E-state index in [1.807, 2.05) is 37.4 Å². The SMILES string of the molecule is Cc1cccc2c1OCC(NC(=O)C1CCC(=O)c3cccn31)C2.